The van der Waals surface area contributed by atoms with Crippen LogP contribution in [-0.2, 0) is 9.59 Å². The van der Waals surface area contributed by atoms with Gasteiger partial charge in [-0.1, -0.05) is 0 Å². The summed E-state index contributed by atoms with van der Waals surface area (Å²) in [7, 11) is 0. The molecule has 0 heterocycles. The van der Waals surface area contributed by atoms with E-state index in [1.165, 1.54) is 18.2 Å². The smallest absolute Gasteiger partial charge is 0.261 e. The highest BCUT2D eigenvalue weighted by Gasteiger charge is 2.18. The second-order valence-corrected chi connectivity index (χ2v) is 6.71. The molecule has 1 unspecified atom stereocenters. The van der Waals surface area contributed by atoms with Gasteiger partial charge >= 0.3 is 0 Å². The van der Waals surface area contributed by atoms with Crippen LogP contribution >= 0.6 is 15.9 Å². The molecule has 7 heteroatoms. The molecule has 0 bridgehead atoms. The maximum absolute atomic E-state index is 13.0. The Balaban J connectivity index is 2.50. The molecule has 2 N–H and O–H groups in total. The monoisotopic (exact) mass is 374 g/mol. The Morgan fingerprint density at radius 3 is 2.55 bits per heavy atom. The van der Waals surface area contributed by atoms with Crippen molar-refractivity contribution in [1.82, 2.24) is 10.6 Å². The first kappa shape index (κ1) is 18.4. The minimum Gasteiger partial charge on any atom is -0.480 e. The van der Waals surface area contributed by atoms with Crippen molar-refractivity contribution in [1.29, 1.82) is 0 Å². The van der Waals surface area contributed by atoms with Gasteiger partial charge in [-0.3, -0.25) is 9.59 Å². The van der Waals surface area contributed by atoms with Gasteiger partial charge in [0.25, 0.3) is 5.91 Å². The van der Waals surface area contributed by atoms with E-state index >= 15 is 0 Å². The third-order valence-corrected chi connectivity index (χ3v) is 3.12. The summed E-state index contributed by atoms with van der Waals surface area (Å²) in [6, 6.07) is 3.91. The number of carbonyl (C=O) groups is 2. The van der Waals surface area contributed by atoms with Gasteiger partial charge in [-0.25, -0.2) is 4.39 Å². The highest BCUT2D eigenvalue weighted by atomic mass is 79.9. The highest BCUT2D eigenvalue weighted by molar-refractivity contribution is 9.10. The van der Waals surface area contributed by atoms with Gasteiger partial charge in [-0.2, -0.15) is 0 Å². The number of nitrogens with one attached hydrogen (secondary N) is 2. The molecular weight excluding hydrogens is 355 g/mol. The molecule has 5 nitrogen and oxygen atoms in total. The summed E-state index contributed by atoms with van der Waals surface area (Å²) < 4.78 is 18.8. The van der Waals surface area contributed by atoms with Crippen LogP contribution < -0.4 is 15.4 Å². The van der Waals surface area contributed by atoms with E-state index in [0.29, 0.717) is 10.2 Å². The number of ether oxygens (including phenoxy) is 1. The van der Waals surface area contributed by atoms with Gasteiger partial charge < -0.3 is 15.4 Å². The topological polar surface area (TPSA) is 67.4 Å². The Bertz CT molecular complexity index is 558. The number of hydrogen-bond acceptors (Lipinski definition) is 3. The van der Waals surface area contributed by atoms with Gasteiger partial charge in [-0.05, 0) is 61.8 Å². The van der Waals surface area contributed by atoms with E-state index in [2.05, 4.69) is 26.6 Å². The van der Waals surface area contributed by atoms with Crippen molar-refractivity contribution in [3.05, 3.63) is 28.5 Å². The molecule has 0 spiro atoms. The Labute approximate surface area is 137 Å². The number of carbonyl (C=O) groups excluding carboxylic acids is 2. The first-order valence-corrected chi connectivity index (χ1v) is 7.58. The zero-order valence-corrected chi connectivity index (χ0v) is 14.6. The molecule has 1 atom stereocenters. The SMILES string of the molecule is CC(Oc1ccc(F)cc1Br)C(=O)NCC(=O)NC(C)(C)C. The fourth-order valence-corrected chi connectivity index (χ4v) is 2.03. The summed E-state index contributed by atoms with van der Waals surface area (Å²) in [6.07, 6.45) is -0.816. The summed E-state index contributed by atoms with van der Waals surface area (Å²) in [6.45, 7) is 6.97. The van der Waals surface area contributed by atoms with E-state index in [1.54, 1.807) is 6.92 Å². The minimum absolute atomic E-state index is 0.131. The Hall–Kier alpha value is -1.63. The maximum atomic E-state index is 13.0. The zero-order chi connectivity index (χ0) is 16.9. The van der Waals surface area contributed by atoms with Gasteiger partial charge in [0.1, 0.15) is 11.6 Å². The van der Waals surface area contributed by atoms with E-state index in [4.69, 9.17) is 4.74 Å². The quantitative estimate of drug-likeness (QED) is 0.831. The second-order valence-electron chi connectivity index (χ2n) is 5.85. The largest absolute Gasteiger partial charge is 0.480 e. The van der Waals surface area contributed by atoms with Crippen LogP contribution in [0.2, 0.25) is 0 Å². The number of amides is 2. The van der Waals surface area contributed by atoms with E-state index in [9.17, 15) is 14.0 Å². The van der Waals surface area contributed by atoms with E-state index in [1.807, 2.05) is 20.8 Å². The molecule has 0 fully saturated rings. The van der Waals surface area contributed by atoms with Crippen molar-refractivity contribution < 1.29 is 18.7 Å². The molecule has 0 aromatic heterocycles. The van der Waals surface area contributed by atoms with Crippen molar-refractivity contribution in [2.24, 2.45) is 0 Å². The molecule has 1 aromatic carbocycles. The lowest BCUT2D eigenvalue weighted by molar-refractivity contribution is -0.130. The molecule has 22 heavy (non-hydrogen) atoms. The van der Waals surface area contributed by atoms with Crippen molar-refractivity contribution in [3.8, 4) is 5.75 Å². The van der Waals surface area contributed by atoms with Gasteiger partial charge in [-0.15, -0.1) is 0 Å². The lowest BCUT2D eigenvalue weighted by atomic mass is 10.1. The summed E-state index contributed by atoms with van der Waals surface area (Å²) in [5, 5.41) is 5.23. The van der Waals surface area contributed by atoms with Crippen molar-refractivity contribution in [2.75, 3.05) is 6.54 Å². The van der Waals surface area contributed by atoms with Crippen LogP contribution in [0.15, 0.2) is 22.7 Å². The van der Waals surface area contributed by atoms with Gasteiger partial charge in [0.05, 0.1) is 11.0 Å². The summed E-state index contributed by atoms with van der Waals surface area (Å²) in [5.74, 6) is -0.769. The first-order valence-electron chi connectivity index (χ1n) is 6.79. The number of hydrogen-bond donors (Lipinski definition) is 2. The fourth-order valence-electron chi connectivity index (χ4n) is 1.59. The average molecular weight is 375 g/mol. The maximum Gasteiger partial charge on any atom is 0.261 e. The van der Waals surface area contributed by atoms with Crippen LogP contribution in [0.1, 0.15) is 27.7 Å². The van der Waals surface area contributed by atoms with Crippen LogP contribution in [0.3, 0.4) is 0 Å². The van der Waals surface area contributed by atoms with Crippen molar-refractivity contribution in [2.45, 2.75) is 39.3 Å². The lowest BCUT2D eigenvalue weighted by Crippen LogP contribution is -2.47. The van der Waals surface area contributed by atoms with Crippen LogP contribution in [0.25, 0.3) is 0 Å². The van der Waals surface area contributed by atoms with Crippen LogP contribution in [0, 0.1) is 5.82 Å². The van der Waals surface area contributed by atoms with E-state index in [0.717, 1.165) is 0 Å². The van der Waals surface area contributed by atoms with E-state index in [-0.39, 0.29) is 18.0 Å². The zero-order valence-electron chi connectivity index (χ0n) is 13.0. The predicted molar refractivity (Wildman–Crippen MR) is 85.1 cm³/mol. The van der Waals surface area contributed by atoms with Gasteiger partial charge in [0.15, 0.2) is 6.10 Å². The minimum atomic E-state index is -0.816. The van der Waals surface area contributed by atoms with Crippen LogP contribution in [0.4, 0.5) is 4.39 Å². The molecule has 1 rings (SSSR count). The number of benzene rings is 1. The number of rotatable bonds is 5. The molecular formula is C15H20BrFN2O3. The van der Waals surface area contributed by atoms with Gasteiger partial charge in [0.2, 0.25) is 5.91 Å². The molecule has 0 radical (unpaired) electrons. The van der Waals surface area contributed by atoms with Crippen LogP contribution in [-0.4, -0.2) is 30.0 Å². The standard InChI is InChI=1S/C15H20BrFN2O3/c1-9(22-12-6-5-10(17)7-11(12)16)14(21)18-8-13(20)19-15(2,3)4/h5-7,9H,8H2,1-4H3,(H,18,21)(H,19,20). The third-order valence-electron chi connectivity index (χ3n) is 2.50. The third kappa shape index (κ3) is 6.43. The van der Waals surface area contributed by atoms with Crippen LogP contribution in [0.5, 0.6) is 5.75 Å². The highest BCUT2D eigenvalue weighted by Crippen LogP contribution is 2.26. The normalized spacial score (nSPS) is 12.5. The number of halogens is 2. The fraction of sp³-hybridized carbons (Fsp3) is 0.467. The molecule has 122 valence electrons. The Kier molecular flexibility index (Phi) is 6.34. The molecule has 0 aliphatic rings. The molecule has 0 aliphatic carbocycles. The molecule has 2 amide bonds. The summed E-state index contributed by atoms with van der Waals surface area (Å²) in [5.41, 5.74) is -0.358. The van der Waals surface area contributed by atoms with E-state index < -0.39 is 17.8 Å². The Morgan fingerprint density at radius 1 is 1.36 bits per heavy atom. The summed E-state index contributed by atoms with van der Waals surface area (Å²) in [4.78, 5) is 23.5. The molecule has 0 saturated heterocycles. The predicted octanol–water partition coefficient (Wildman–Crippen LogP) is 2.39. The van der Waals surface area contributed by atoms with Gasteiger partial charge in [0, 0.05) is 5.54 Å². The second kappa shape index (κ2) is 7.58. The molecule has 0 aliphatic heterocycles. The first-order chi connectivity index (χ1) is 10.1. The molecule has 0 saturated carbocycles. The Morgan fingerprint density at radius 2 is 2.00 bits per heavy atom. The van der Waals surface area contributed by atoms with Crippen molar-refractivity contribution in [3.63, 3.8) is 0 Å². The lowest BCUT2D eigenvalue weighted by Gasteiger charge is -2.21. The van der Waals surface area contributed by atoms with Crippen molar-refractivity contribution >= 4 is 27.7 Å². The average Bonchev–Trinajstić information content (AvgIpc) is 2.37. The molecule has 1 aromatic rings. The summed E-state index contributed by atoms with van der Waals surface area (Å²) >= 11 is 3.16.